The van der Waals surface area contributed by atoms with Crippen LogP contribution in [0.2, 0.25) is 0 Å². The Morgan fingerprint density at radius 3 is 2.35 bits per heavy atom. The van der Waals surface area contributed by atoms with Crippen LogP contribution in [0, 0.1) is 25.7 Å². The van der Waals surface area contributed by atoms with Crippen LogP contribution in [0.4, 0.5) is 0 Å². The summed E-state index contributed by atoms with van der Waals surface area (Å²) in [5.41, 5.74) is 1.90. The number of nitrogens with zero attached hydrogens (tertiary/aromatic N) is 1. The smallest absolute Gasteiger partial charge is 0.253 e. The maximum atomic E-state index is 12.4. The topological polar surface area (TPSA) is 99.3 Å². The third-order valence-corrected chi connectivity index (χ3v) is 5.45. The number of imide groups is 1. The number of nitrogens with one attached hydrogen (secondary N) is 2. The second-order valence-electron chi connectivity index (χ2n) is 7.30. The summed E-state index contributed by atoms with van der Waals surface area (Å²) < 4.78 is 0. The fraction of sp³-hybridized carbons (Fsp3) is 0.579. The van der Waals surface area contributed by atoms with Crippen molar-refractivity contribution in [2.24, 2.45) is 11.8 Å². The molecule has 7 heteroatoms. The third-order valence-electron chi connectivity index (χ3n) is 5.45. The minimum Gasteiger partial charge on any atom is -0.352 e. The second kappa shape index (κ2) is 7.43. The molecule has 0 spiro atoms. The molecule has 1 aliphatic carbocycles. The monoisotopic (exact) mass is 359 g/mol. The van der Waals surface area contributed by atoms with E-state index in [1.807, 2.05) is 13.0 Å². The first kappa shape index (κ1) is 18.4. The first-order valence-corrected chi connectivity index (χ1v) is 9.20. The zero-order valence-corrected chi connectivity index (χ0v) is 15.3. The molecule has 3 amide bonds. The summed E-state index contributed by atoms with van der Waals surface area (Å²) in [6.07, 6.45) is 3.57. The number of aromatic amines is 1. The van der Waals surface area contributed by atoms with Crippen molar-refractivity contribution in [1.82, 2.24) is 15.2 Å². The van der Waals surface area contributed by atoms with Crippen LogP contribution in [0.1, 0.15) is 48.9 Å². The fourth-order valence-corrected chi connectivity index (χ4v) is 4.04. The van der Waals surface area contributed by atoms with Gasteiger partial charge in [-0.15, -0.1) is 0 Å². The SMILES string of the molecule is Cc1cc(C)c(CNC(=O)CCN2C(=O)[C@H]3CCCC[C@@H]3C2=O)c(=O)[nH]1. The third kappa shape index (κ3) is 3.57. The van der Waals surface area contributed by atoms with Gasteiger partial charge in [0.2, 0.25) is 17.7 Å². The molecule has 1 aromatic rings. The normalized spacial score (nSPS) is 22.5. The lowest BCUT2D eigenvalue weighted by Gasteiger charge is -2.19. The number of fused-ring (bicyclic) bond motifs is 1. The molecule has 0 radical (unpaired) electrons. The van der Waals surface area contributed by atoms with Crippen molar-refractivity contribution in [3.05, 3.63) is 33.2 Å². The fourth-order valence-electron chi connectivity index (χ4n) is 4.04. The molecular formula is C19H25N3O4. The van der Waals surface area contributed by atoms with Crippen molar-refractivity contribution < 1.29 is 14.4 Å². The summed E-state index contributed by atoms with van der Waals surface area (Å²) >= 11 is 0. The summed E-state index contributed by atoms with van der Waals surface area (Å²) in [5.74, 6) is -0.905. The number of carbonyl (C=O) groups excluding carboxylic acids is 3. The first-order valence-electron chi connectivity index (χ1n) is 9.20. The number of hydrogen-bond donors (Lipinski definition) is 2. The highest BCUT2D eigenvalue weighted by atomic mass is 16.2. The summed E-state index contributed by atoms with van der Waals surface area (Å²) in [7, 11) is 0. The average Bonchev–Trinajstić information content (AvgIpc) is 2.83. The van der Waals surface area contributed by atoms with Crippen LogP contribution in [0.3, 0.4) is 0 Å². The minimum atomic E-state index is -0.278. The standard InChI is InChI=1S/C19H25N3O4/c1-11-9-12(2)21-17(24)15(11)10-20-16(23)7-8-22-18(25)13-5-3-4-6-14(13)19(22)26/h9,13-14H,3-8,10H2,1-2H3,(H,20,23)(H,21,24)/t13-,14-/m0/s1. The summed E-state index contributed by atoms with van der Waals surface area (Å²) in [4.78, 5) is 52.8. The van der Waals surface area contributed by atoms with Gasteiger partial charge in [-0.2, -0.15) is 0 Å². The number of aryl methyl sites for hydroxylation is 2. The van der Waals surface area contributed by atoms with Gasteiger partial charge >= 0.3 is 0 Å². The molecule has 0 aromatic carbocycles. The highest BCUT2D eigenvalue weighted by Gasteiger charge is 2.47. The van der Waals surface area contributed by atoms with Crippen LogP contribution in [-0.4, -0.2) is 34.2 Å². The molecule has 0 unspecified atom stereocenters. The van der Waals surface area contributed by atoms with Crippen molar-refractivity contribution in [2.45, 2.75) is 52.5 Å². The van der Waals surface area contributed by atoms with Crippen LogP contribution < -0.4 is 10.9 Å². The Morgan fingerprint density at radius 2 is 1.77 bits per heavy atom. The number of rotatable bonds is 5. The molecule has 2 fully saturated rings. The van der Waals surface area contributed by atoms with Crippen LogP contribution >= 0.6 is 0 Å². The van der Waals surface area contributed by atoms with Gasteiger partial charge in [0.25, 0.3) is 5.56 Å². The number of pyridine rings is 1. The molecule has 2 heterocycles. The molecular weight excluding hydrogens is 334 g/mol. The largest absolute Gasteiger partial charge is 0.352 e. The van der Waals surface area contributed by atoms with Gasteiger partial charge in [0.15, 0.2) is 0 Å². The highest BCUT2D eigenvalue weighted by molar-refractivity contribution is 6.05. The lowest BCUT2D eigenvalue weighted by atomic mass is 9.81. The molecule has 0 bridgehead atoms. The average molecular weight is 359 g/mol. The number of carbonyl (C=O) groups is 3. The molecule has 7 nitrogen and oxygen atoms in total. The Labute approximate surface area is 152 Å². The number of likely N-dealkylation sites (tertiary alicyclic amines) is 1. The predicted octanol–water partition coefficient (Wildman–Crippen LogP) is 1.17. The van der Waals surface area contributed by atoms with Gasteiger partial charge in [-0.3, -0.25) is 24.1 Å². The molecule has 2 aliphatic rings. The molecule has 1 aromatic heterocycles. The van der Waals surface area contributed by atoms with E-state index in [1.54, 1.807) is 6.92 Å². The van der Waals surface area contributed by atoms with Gasteiger partial charge in [0.05, 0.1) is 11.8 Å². The summed E-state index contributed by atoms with van der Waals surface area (Å²) in [6.45, 7) is 3.87. The number of aromatic nitrogens is 1. The van der Waals surface area contributed by atoms with Gasteiger partial charge < -0.3 is 10.3 Å². The summed E-state index contributed by atoms with van der Waals surface area (Å²) in [6, 6.07) is 1.85. The Balaban J connectivity index is 1.54. The molecule has 26 heavy (non-hydrogen) atoms. The van der Waals surface area contributed by atoms with Crippen molar-refractivity contribution in [3.63, 3.8) is 0 Å². The zero-order valence-electron chi connectivity index (χ0n) is 15.3. The van der Waals surface area contributed by atoms with Gasteiger partial charge in [0.1, 0.15) is 0 Å². The van der Waals surface area contributed by atoms with Crippen LogP contribution in [0.5, 0.6) is 0 Å². The molecule has 2 N–H and O–H groups in total. The molecule has 140 valence electrons. The van der Waals surface area contributed by atoms with Crippen LogP contribution in [0.15, 0.2) is 10.9 Å². The van der Waals surface area contributed by atoms with Crippen molar-refractivity contribution in [2.75, 3.05) is 6.54 Å². The second-order valence-corrected chi connectivity index (χ2v) is 7.30. The number of H-pyrrole nitrogens is 1. The van der Waals surface area contributed by atoms with Crippen molar-refractivity contribution in [1.29, 1.82) is 0 Å². The van der Waals surface area contributed by atoms with E-state index >= 15 is 0 Å². The molecule has 2 atom stereocenters. The Hall–Kier alpha value is -2.44. The highest BCUT2D eigenvalue weighted by Crippen LogP contribution is 2.37. The maximum Gasteiger partial charge on any atom is 0.253 e. The lowest BCUT2D eigenvalue weighted by Crippen LogP contribution is -2.36. The summed E-state index contributed by atoms with van der Waals surface area (Å²) in [5, 5.41) is 2.71. The van der Waals surface area contributed by atoms with Crippen LogP contribution in [-0.2, 0) is 20.9 Å². The Morgan fingerprint density at radius 1 is 1.15 bits per heavy atom. The van der Waals surface area contributed by atoms with E-state index in [-0.39, 0.29) is 54.6 Å². The predicted molar refractivity (Wildman–Crippen MR) is 95.2 cm³/mol. The van der Waals surface area contributed by atoms with Crippen molar-refractivity contribution >= 4 is 17.7 Å². The first-order chi connectivity index (χ1) is 12.4. The van der Waals surface area contributed by atoms with Gasteiger partial charge in [0, 0.05) is 30.8 Å². The van der Waals surface area contributed by atoms with Gasteiger partial charge in [-0.1, -0.05) is 12.8 Å². The Kier molecular flexibility index (Phi) is 5.25. The lowest BCUT2D eigenvalue weighted by molar-refractivity contribution is -0.140. The van der Waals surface area contributed by atoms with E-state index in [1.165, 1.54) is 4.90 Å². The number of hydrogen-bond acceptors (Lipinski definition) is 4. The molecule has 1 saturated carbocycles. The van der Waals surface area contributed by atoms with Crippen molar-refractivity contribution in [3.8, 4) is 0 Å². The van der Waals surface area contributed by atoms with E-state index < -0.39 is 0 Å². The van der Waals surface area contributed by atoms with Gasteiger partial charge in [-0.25, -0.2) is 0 Å². The maximum absolute atomic E-state index is 12.4. The minimum absolute atomic E-state index is 0.0553. The van der Waals surface area contributed by atoms with E-state index in [9.17, 15) is 19.2 Å². The quantitative estimate of drug-likeness (QED) is 0.771. The van der Waals surface area contributed by atoms with E-state index in [0.29, 0.717) is 5.56 Å². The zero-order chi connectivity index (χ0) is 18.8. The molecule has 1 aliphatic heterocycles. The Bertz CT molecular complexity index is 774. The number of amides is 3. The van der Waals surface area contributed by atoms with E-state index in [4.69, 9.17) is 0 Å². The molecule has 1 saturated heterocycles. The van der Waals surface area contributed by atoms with E-state index in [2.05, 4.69) is 10.3 Å². The van der Waals surface area contributed by atoms with Gasteiger partial charge in [-0.05, 0) is 38.3 Å². The van der Waals surface area contributed by atoms with E-state index in [0.717, 1.165) is 36.9 Å². The van der Waals surface area contributed by atoms with Crippen LogP contribution in [0.25, 0.3) is 0 Å². The molecule has 3 rings (SSSR count).